The number of para-hydroxylation sites is 2. The van der Waals surface area contributed by atoms with E-state index in [1.54, 1.807) is 24.3 Å². The average molecular weight is 519 g/mol. The first-order valence-electron chi connectivity index (χ1n) is 10.3. The van der Waals surface area contributed by atoms with Crippen LogP contribution in [0.5, 0.6) is 17.2 Å². The lowest BCUT2D eigenvalue weighted by atomic mass is 10.1. The lowest BCUT2D eigenvalue weighted by molar-refractivity contribution is -0.287. The van der Waals surface area contributed by atoms with Crippen molar-refractivity contribution in [1.82, 2.24) is 14.4 Å². The number of halogens is 6. The van der Waals surface area contributed by atoms with Gasteiger partial charge in [0.2, 0.25) is 0 Å². The maximum absolute atomic E-state index is 13.8. The standard InChI is InChI=1S/C22H18ClF5N3O4/c1-30-19(21(24,25)26)17(23)20(29-30)31(32-2)10-12-6-3-4-8-14(12)33-16(11-31)13-7-5-9-15-18(13)35-22(27,28)34-15/h3-9,16H,10-11H2,1-2H3/q+1. The largest absolute Gasteiger partial charge is 0.586 e. The number of benzene rings is 2. The predicted molar refractivity (Wildman–Crippen MR) is 113 cm³/mol. The van der Waals surface area contributed by atoms with E-state index < -0.39 is 33.9 Å². The first-order chi connectivity index (χ1) is 16.4. The van der Waals surface area contributed by atoms with E-state index in [2.05, 4.69) is 9.84 Å². The first-order valence-corrected chi connectivity index (χ1v) is 10.7. The van der Waals surface area contributed by atoms with Crippen molar-refractivity contribution in [1.29, 1.82) is 0 Å². The van der Waals surface area contributed by atoms with Crippen LogP contribution < -0.4 is 18.9 Å². The Morgan fingerprint density at radius 3 is 2.51 bits per heavy atom. The number of hydroxylamine groups is 2. The Morgan fingerprint density at radius 2 is 1.83 bits per heavy atom. The second-order valence-corrected chi connectivity index (χ2v) is 8.45. The third kappa shape index (κ3) is 3.95. The molecule has 2 aliphatic heterocycles. The van der Waals surface area contributed by atoms with E-state index in [0.717, 1.165) is 7.05 Å². The molecule has 0 N–H and O–H groups in total. The van der Waals surface area contributed by atoms with Crippen LogP contribution in [-0.2, 0) is 24.6 Å². The summed E-state index contributed by atoms with van der Waals surface area (Å²) in [7, 11) is 2.42. The lowest BCUT2D eigenvalue weighted by Gasteiger charge is -2.32. The Bertz CT molecular complexity index is 1300. The fourth-order valence-corrected chi connectivity index (χ4v) is 4.81. The van der Waals surface area contributed by atoms with Crippen molar-refractivity contribution in [2.45, 2.75) is 25.1 Å². The number of nitrogens with zero attached hydrogens (tertiary/aromatic N) is 3. The number of rotatable bonds is 3. The van der Waals surface area contributed by atoms with Gasteiger partial charge in [-0.3, -0.25) is 4.68 Å². The molecule has 0 aliphatic carbocycles. The molecular formula is C22H18ClF5N3O4+. The highest BCUT2D eigenvalue weighted by Gasteiger charge is 2.51. The van der Waals surface area contributed by atoms with Crippen molar-refractivity contribution in [3.63, 3.8) is 0 Å². The predicted octanol–water partition coefficient (Wildman–Crippen LogP) is 5.62. The van der Waals surface area contributed by atoms with Crippen LogP contribution in [-0.4, -0.2) is 29.7 Å². The first kappa shape index (κ1) is 23.6. The number of alkyl halides is 5. The van der Waals surface area contributed by atoms with Crippen molar-refractivity contribution in [2.24, 2.45) is 7.05 Å². The number of aromatic nitrogens is 2. The molecule has 2 aromatic carbocycles. The van der Waals surface area contributed by atoms with Gasteiger partial charge in [-0.25, -0.2) is 0 Å². The zero-order valence-corrected chi connectivity index (χ0v) is 19.0. The van der Waals surface area contributed by atoms with Crippen LogP contribution in [0.15, 0.2) is 42.5 Å². The number of fused-ring (bicyclic) bond motifs is 2. The van der Waals surface area contributed by atoms with Crippen molar-refractivity contribution in [2.75, 3.05) is 13.7 Å². The molecule has 5 rings (SSSR count). The summed E-state index contributed by atoms with van der Waals surface area (Å²) in [5, 5.41) is 3.43. The van der Waals surface area contributed by atoms with Gasteiger partial charge in [-0.2, -0.15) is 18.0 Å². The van der Waals surface area contributed by atoms with Gasteiger partial charge in [0.15, 0.2) is 34.9 Å². The topological polar surface area (TPSA) is 54.7 Å². The fraction of sp³-hybridized carbons (Fsp3) is 0.318. The zero-order valence-electron chi connectivity index (χ0n) is 18.3. The number of ether oxygens (including phenoxy) is 3. The molecule has 2 atom stereocenters. The molecule has 0 amide bonds. The molecule has 0 spiro atoms. The summed E-state index contributed by atoms with van der Waals surface area (Å²) in [6, 6.07) is 11.1. The van der Waals surface area contributed by atoms with Crippen LogP contribution in [0.4, 0.5) is 27.8 Å². The van der Waals surface area contributed by atoms with Gasteiger partial charge in [0.1, 0.15) is 12.3 Å². The molecule has 2 unspecified atom stereocenters. The second-order valence-electron chi connectivity index (χ2n) is 8.08. The highest BCUT2D eigenvalue weighted by atomic mass is 35.5. The monoisotopic (exact) mass is 518 g/mol. The Labute approximate surface area is 200 Å². The van der Waals surface area contributed by atoms with Crippen molar-refractivity contribution < 1.29 is 41.0 Å². The minimum absolute atomic E-state index is 0.000253. The third-order valence-electron chi connectivity index (χ3n) is 5.91. The summed E-state index contributed by atoms with van der Waals surface area (Å²) in [6.45, 7) is -0.176. The van der Waals surface area contributed by atoms with Gasteiger partial charge in [-0.1, -0.05) is 35.9 Å². The van der Waals surface area contributed by atoms with Crippen molar-refractivity contribution in [3.8, 4) is 17.2 Å². The maximum atomic E-state index is 13.8. The molecule has 186 valence electrons. The molecule has 2 aliphatic rings. The normalized spacial score (nSPS) is 22.9. The van der Waals surface area contributed by atoms with E-state index in [-0.39, 0.29) is 36.0 Å². The summed E-state index contributed by atoms with van der Waals surface area (Å²) in [4.78, 5) is 5.79. The van der Waals surface area contributed by atoms with Gasteiger partial charge in [-0.05, 0) is 18.2 Å². The maximum Gasteiger partial charge on any atom is 0.586 e. The van der Waals surface area contributed by atoms with E-state index in [0.29, 0.717) is 16.0 Å². The lowest BCUT2D eigenvalue weighted by Crippen LogP contribution is -2.50. The van der Waals surface area contributed by atoms with Crippen LogP contribution in [0.2, 0.25) is 5.02 Å². The van der Waals surface area contributed by atoms with Crippen LogP contribution in [0, 0.1) is 0 Å². The van der Waals surface area contributed by atoms with Gasteiger partial charge < -0.3 is 14.2 Å². The van der Waals surface area contributed by atoms with E-state index in [1.165, 1.54) is 25.3 Å². The number of quaternary nitrogens is 1. The molecule has 0 saturated carbocycles. The zero-order chi connectivity index (χ0) is 25.2. The summed E-state index contributed by atoms with van der Waals surface area (Å²) in [5.41, 5.74) is -0.364. The number of aryl methyl sites for hydroxylation is 1. The molecule has 13 heteroatoms. The smallest absolute Gasteiger partial charge is 0.479 e. The van der Waals surface area contributed by atoms with E-state index in [1.807, 2.05) is 0 Å². The Balaban J connectivity index is 1.68. The van der Waals surface area contributed by atoms with Gasteiger partial charge in [-0.15, -0.1) is 18.5 Å². The van der Waals surface area contributed by atoms with E-state index >= 15 is 0 Å². The highest BCUT2D eigenvalue weighted by Crippen LogP contribution is 2.49. The van der Waals surface area contributed by atoms with Gasteiger partial charge in [0, 0.05) is 12.6 Å². The van der Waals surface area contributed by atoms with E-state index in [4.69, 9.17) is 25.9 Å². The second kappa shape index (κ2) is 7.97. The number of hydrogen-bond acceptors (Lipinski definition) is 5. The molecule has 0 bridgehead atoms. The third-order valence-corrected chi connectivity index (χ3v) is 6.26. The van der Waals surface area contributed by atoms with Crippen LogP contribution >= 0.6 is 11.6 Å². The minimum atomic E-state index is -4.77. The Morgan fingerprint density at radius 1 is 1.11 bits per heavy atom. The van der Waals surface area contributed by atoms with Gasteiger partial charge >= 0.3 is 12.5 Å². The summed E-state index contributed by atoms with van der Waals surface area (Å²) in [5.74, 6) is -0.246. The molecular weight excluding hydrogens is 501 g/mol. The highest BCUT2D eigenvalue weighted by molar-refractivity contribution is 6.33. The molecule has 1 aromatic heterocycles. The van der Waals surface area contributed by atoms with Crippen molar-refractivity contribution in [3.05, 3.63) is 64.3 Å². The summed E-state index contributed by atoms with van der Waals surface area (Å²) < 4.78 is 84.2. The molecule has 0 saturated heterocycles. The van der Waals surface area contributed by atoms with E-state index in [9.17, 15) is 22.0 Å². The Kier molecular flexibility index (Phi) is 5.38. The number of hydrogen-bond donors (Lipinski definition) is 0. The fourth-order valence-electron chi connectivity index (χ4n) is 4.39. The molecule has 0 radical (unpaired) electrons. The summed E-state index contributed by atoms with van der Waals surface area (Å²) in [6.07, 6.45) is -9.66. The van der Waals surface area contributed by atoms with Crippen LogP contribution in [0.3, 0.4) is 0 Å². The SMILES string of the molecule is CO[N+]1(c2nn(C)c(C(F)(F)F)c2Cl)Cc2ccccc2OC(c2cccc3c2OC(F)(F)O3)C1. The minimum Gasteiger partial charge on any atom is -0.479 e. The Hall–Kier alpha value is -3.09. The average Bonchev–Trinajstić information content (AvgIpc) is 3.20. The quantitative estimate of drug-likeness (QED) is 0.333. The van der Waals surface area contributed by atoms with Crippen molar-refractivity contribution >= 4 is 17.4 Å². The van der Waals surface area contributed by atoms with Crippen LogP contribution in [0.1, 0.15) is 22.9 Å². The van der Waals surface area contributed by atoms with Crippen LogP contribution in [0.25, 0.3) is 0 Å². The molecule has 35 heavy (non-hydrogen) atoms. The molecule has 3 heterocycles. The molecule has 7 nitrogen and oxygen atoms in total. The molecule has 3 aromatic rings. The van der Waals surface area contributed by atoms with Gasteiger partial charge in [0.05, 0.1) is 12.7 Å². The summed E-state index contributed by atoms with van der Waals surface area (Å²) >= 11 is 6.24. The van der Waals surface area contributed by atoms with Gasteiger partial charge in [0.25, 0.3) is 5.82 Å². The molecule has 0 fully saturated rings.